The molecule has 2 aliphatic heterocycles. The van der Waals surface area contributed by atoms with Crippen LogP contribution in [0.4, 0.5) is 0 Å². The van der Waals surface area contributed by atoms with E-state index in [1.54, 1.807) is 0 Å². The van der Waals surface area contributed by atoms with Gasteiger partial charge < -0.3 is 0 Å². The highest BCUT2D eigenvalue weighted by Gasteiger charge is 2.26. The van der Waals surface area contributed by atoms with E-state index in [1.807, 2.05) is 0 Å². The first-order valence-electron chi connectivity index (χ1n) is 11.0. The Morgan fingerprint density at radius 2 is 1.11 bits per heavy atom. The van der Waals surface area contributed by atoms with E-state index in [2.05, 4.69) is 81.6 Å². The van der Waals surface area contributed by atoms with Crippen LogP contribution in [-0.4, -0.2) is 55.5 Å². The number of nitrogens with zero attached hydrogens (tertiary/aromatic N) is 6. The molecular weight excluding hydrogens is 348 g/mol. The Bertz CT molecular complexity index is 686. The largest absolute Gasteiger partial charge is 0.295 e. The Kier molecular flexibility index (Phi) is 5.88. The van der Waals surface area contributed by atoms with Gasteiger partial charge in [-0.3, -0.25) is 14.5 Å². The molecule has 4 rings (SSSR count). The van der Waals surface area contributed by atoms with Crippen molar-refractivity contribution in [2.45, 2.75) is 53.6 Å². The highest BCUT2D eigenvalue weighted by atomic mass is 15.5. The van der Waals surface area contributed by atoms with Crippen LogP contribution in [0.5, 0.6) is 0 Å². The lowest BCUT2D eigenvalue weighted by Crippen LogP contribution is -2.40. The smallest absolute Gasteiger partial charge is 0.167 e. The predicted molar refractivity (Wildman–Crippen MR) is 112 cm³/mol. The zero-order valence-corrected chi connectivity index (χ0v) is 18.0. The Morgan fingerprint density at radius 3 is 1.50 bits per heavy atom. The van der Waals surface area contributed by atoms with Crippen LogP contribution in [0, 0.1) is 23.7 Å². The van der Waals surface area contributed by atoms with Gasteiger partial charge in [-0.2, -0.15) is 0 Å². The molecule has 154 valence electrons. The Labute approximate surface area is 169 Å². The van der Waals surface area contributed by atoms with Gasteiger partial charge in [0.25, 0.3) is 0 Å². The topological polar surface area (TPSA) is 42.1 Å². The maximum absolute atomic E-state index is 4.64. The van der Waals surface area contributed by atoms with Crippen LogP contribution in [0.3, 0.4) is 0 Å². The third-order valence-corrected chi connectivity index (χ3v) is 6.21. The van der Waals surface area contributed by atoms with Crippen molar-refractivity contribution in [2.24, 2.45) is 23.7 Å². The average molecular weight is 385 g/mol. The monoisotopic (exact) mass is 384 g/mol. The zero-order chi connectivity index (χ0) is 19.7. The van der Waals surface area contributed by atoms with E-state index in [1.165, 1.54) is 12.8 Å². The first kappa shape index (κ1) is 19.6. The first-order valence-corrected chi connectivity index (χ1v) is 11.0. The van der Waals surface area contributed by atoms with Crippen LogP contribution >= 0.6 is 0 Å². The van der Waals surface area contributed by atoms with Crippen molar-refractivity contribution in [1.82, 2.24) is 29.3 Å². The average Bonchev–Trinajstić information content (AvgIpc) is 3.23. The number of aromatic nitrogens is 4. The highest BCUT2D eigenvalue weighted by Crippen LogP contribution is 2.24. The quantitative estimate of drug-likeness (QED) is 0.793. The lowest BCUT2D eigenvalue weighted by atomic mass is 9.92. The second-order valence-corrected chi connectivity index (χ2v) is 9.69. The molecule has 28 heavy (non-hydrogen) atoms. The second kappa shape index (κ2) is 8.37. The fourth-order valence-corrected chi connectivity index (χ4v) is 5.51. The molecule has 4 heterocycles. The Hall–Kier alpha value is -1.66. The molecule has 0 N–H and O–H groups in total. The SMILES string of the molecule is C[C@@H]1C[C@H](C)CN(Cc2nnc(CN3C[C@H](C)C[C@H](C)C3)n2-n2cccc2)C1. The van der Waals surface area contributed by atoms with Gasteiger partial charge >= 0.3 is 0 Å². The molecule has 0 bridgehead atoms. The van der Waals surface area contributed by atoms with Gasteiger partial charge in [0.05, 0.1) is 13.1 Å². The van der Waals surface area contributed by atoms with Gasteiger partial charge in [-0.15, -0.1) is 10.2 Å². The molecule has 6 nitrogen and oxygen atoms in total. The minimum atomic E-state index is 0.752. The van der Waals surface area contributed by atoms with Gasteiger partial charge in [-0.05, 0) is 48.6 Å². The standard InChI is InChI=1S/C22H36N6/c1-17-9-18(2)12-25(11-17)15-21-23-24-22(28(21)27-7-5-6-8-27)16-26-13-19(3)10-20(4)14-26/h5-8,17-20H,9-16H2,1-4H3/t17-,18+,19-,20+. The number of hydrogen-bond acceptors (Lipinski definition) is 4. The molecule has 2 aromatic heterocycles. The molecule has 0 unspecified atom stereocenters. The van der Waals surface area contributed by atoms with Crippen molar-refractivity contribution in [3.05, 3.63) is 36.2 Å². The van der Waals surface area contributed by atoms with E-state index in [0.717, 1.165) is 74.6 Å². The van der Waals surface area contributed by atoms with Crippen molar-refractivity contribution >= 4 is 0 Å². The maximum Gasteiger partial charge on any atom is 0.167 e. The summed E-state index contributed by atoms with van der Waals surface area (Å²) in [6, 6.07) is 4.15. The van der Waals surface area contributed by atoms with E-state index in [0.29, 0.717) is 0 Å². The van der Waals surface area contributed by atoms with Crippen LogP contribution in [-0.2, 0) is 13.1 Å². The van der Waals surface area contributed by atoms with Crippen LogP contribution in [0.15, 0.2) is 24.5 Å². The van der Waals surface area contributed by atoms with Gasteiger partial charge in [0.15, 0.2) is 11.6 Å². The zero-order valence-electron chi connectivity index (χ0n) is 18.0. The molecule has 6 heteroatoms. The van der Waals surface area contributed by atoms with Crippen molar-refractivity contribution in [1.29, 1.82) is 0 Å². The summed E-state index contributed by atoms with van der Waals surface area (Å²) >= 11 is 0. The lowest BCUT2D eigenvalue weighted by molar-refractivity contribution is 0.125. The molecule has 0 spiro atoms. The van der Waals surface area contributed by atoms with E-state index in [9.17, 15) is 0 Å². The third-order valence-electron chi connectivity index (χ3n) is 6.21. The van der Waals surface area contributed by atoms with Crippen molar-refractivity contribution in [3.8, 4) is 0 Å². The Morgan fingerprint density at radius 1 is 0.714 bits per heavy atom. The number of hydrogen-bond donors (Lipinski definition) is 0. The van der Waals surface area contributed by atoms with Crippen LogP contribution in [0.25, 0.3) is 0 Å². The van der Waals surface area contributed by atoms with Crippen LogP contribution < -0.4 is 0 Å². The summed E-state index contributed by atoms with van der Waals surface area (Å²) < 4.78 is 4.37. The molecule has 0 aromatic carbocycles. The van der Waals surface area contributed by atoms with Crippen molar-refractivity contribution in [3.63, 3.8) is 0 Å². The summed E-state index contributed by atoms with van der Waals surface area (Å²) in [6.07, 6.45) is 6.85. The first-order chi connectivity index (χ1) is 13.5. The van der Waals surface area contributed by atoms with E-state index >= 15 is 0 Å². The van der Waals surface area contributed by atoms with Crippen LogP contribution in [0.1, 0.15) is 52.2 Å². The molecule has 2 aromatic rings. The van der Waals surface area contributed by atoms with E-state index in [-0.39, 0.29) is 0 Å². The normalized spacial score (nSPS) is 30.0. The lowest BCUT2D eigenvalue weighted by Gasteiger charge is -2.35. The molecule has 0 amide bonds. The Balaban J connectivity index is 1.56. The van der Waals surface area contributed by atoms with Gasteiger partial charge in [0.2, 0.25) is 0 Å². The van der Waals surface area contributed by atoms with Gasteiger partial charge in [-0.25, -0.2) is 4.68 Å². The molecule has 2 saturated heterocycles. The van der Waals surface area contributed by atoms with E-state index < -0.39 is 0 Å². The molecule has 0 aliphatic carbocycles. The summed E-state index contributed by atoms with van der Waals surface area (Å²) in [5.41, 5.74) is 0. The maximum atomic E-state index is 4.64. The second-order valence-electron chi connectivity index (χ2n) is 9.69. The summed E-state index contributed by atoms with van der Waals surface area (Å²) in [5.74, 6) is 5.10. The molecule has 0 saturated carbocycles. The van der Waals surface area contributed by atoms with Crippen molar-refractivity contribution < 1.29 is 0 Å². The molecular formula is C22H36N6. The molecule has 2 aliphatic rings. The number of piperidine rings is 2. The molecule has 0 radical (unpaired) electrons. The summed E-state index contributed by atoms with van der Waals surface area (Å²) in [7, 11) is 0. The van der Waals surface area contributed by atoms with E-state index in [4.69, 9.17) is 0 Å². The third kappa shape index (κ3) is 4.49. The number of rotatable bonds is 5. The summed E-state index contributed by atoms with van der Waals surface area (Å²) in [4.78, 5) is 5.11. The summed E-state index contributed by atoms with van der Waals surface area (Å²) in [5, 5.41) is 9.29. The summed E-state index contributed by atoms with van der Waals surface area (Å²) in [6.45, 7) is 15.8. The minimum Gasteiger partial charge on any atom is -0.295 e. The highest BCUT2D eigenvalue weighted by molar-refractivity contribution is 5.02. The predicted octanol–water partition coefficient (Wildman–Crippen LogP) is 3.35. The van der Waals surface area contributed by atoms with Gasteiger partial charge in [-0.1, -0.05) is 27.7 Å². The van der Waals surface area contributed by atoms with Gasteiger partial charge in [0.1, 0.15) is 0 Å². The molecule has 2 fully saturated rings. The number of likely N-dealkylation sites (tertiary alicyclic amines) is 2. The fraction of sp³-hybridized carbons (Fsp3) is 0.727. The van der Waals surface area contributed by atoms with Crippen LogP contribution in [0.2, 0.25) is 0 Å². The van der Waals surface area contributed by atoms with Crippen molar-refractivity contribution in [2.75, 3.05) is 26.2 Å². The molecule has 4 atom stereocenters. The van der Waals surface area contributed by atoms with Gasteiger partial charge in [0, 0.05) is 38.6 Å². The fourth-order valence-electron chi connectivity index (χ4n) is 5.51. The minimum absolute atomic E-state index is 0.752.